The van der Waals surface area contributed by atoms with Crippen molar-refractivity contribution in [3.63, 3.8) is 0 Å². The van der Waals surface area contributed by atoms with Crippen LogP contribution in [0.25, 0.3) is 6.08 Å². The molecule has 24 heavy (non-hydrogen) atoms. The fourth-order valence-corrected chi connectivity index (χ4v) is 2.06. The first-order valence-electron chi connectivity index (χ1n) is 7.53. The molecule has 0 aliphatic heterocycles. The van der Waals surface area contributed by atoms with Gasteiger partial charge in [0.05, 0.1) is 13.7 Å². The number of esters is 1. The van der Waals surface area contributed by atoms with E-state index in [0.29, 0.717) is 5.56 Å². The maximum atomic E-state index is 14.3. The zero-order valence-corrected chi connectivity index (χ0v) is 13.6. The monoisotopic (exact) mass is 330 g/mol. The van der Waals surface area contributed by atoms with Crippen molar-refractivity contribution in [3.05, 3.63) is 65.5 Å². The van der Waals surface area contributed by atoms with Gasteiger partial charge in [-0.2, -0.15) is 0 Å². The van der Waals surface area contributed by atoms with E-state index >= 15 is 0 Å². The van der Waals surface area contributed by atoms with Gasteiger partial charge in [0.25, 0.3) is 0 Å². The van der Waals surface area contributed by atoms with Crippen LogP contribution in [-0.4, -0.2) is 19.7 Å². The summed E-state index contributed by atoms with van der Waals surface area (Å²) in [4.78, 5) is 11.3. The average Bonchev–Trinajstić information content (AvgIpc) is 2.59. The lowest BCUT2D eigenvalue weighted by molar-refractivity contribution is -0.137. The van der Waals surface area contributed by atoms with Crippen LogP contribution in [0.4, 0.5) is 4.39 Å². The summed E-state index contributed by atoms with van der Waals surface area (Å²) in [7, 11) is 1.43. The summed E-state index contributed by atoms with van der Waals surface area (Å²) in [6.07, 6.45) is 2.70. The van der Waals surface area contributed by atoms with Crippen LogP contribution in [0.3, 0.4) is 0 Å². The molecule has 0 aliphatic carbocycles. The molecule has 0 bridgehead atoms. The summed E-state index contributed by atoms with van der Waals surface area (Å²) in [6.45, 7) is 2.23. The van der Waals surface area contributed by atoms with Gasteiger partial charge in [-0.05, 0) is 36.3 Å². The Balaban J connectivity index is 2.16. The van der Waals surface area contributed by atoms with Crippen LogP contribution in [0.15, 0.2) is 48.5 Å². The van der Waals surface area contributed by atoms with E-state index in [0.717, 1.165) is 5.56 Å². The largest absolute Gasteiger partial charge is 0.493 e. The van der Waals surface area contributed by atoms with Gasteiger partial charge < -0.3 is 14.2 Å². The molecule has 0 spiro atoms. The molecular weight excluding hydrogens is 311 g/mol. The van der Waals surface area contributed by atoms with Gasteiger partial charge >= 0.3 is 5.97 Å². The first kappa shape index (κ1) is 17.5. The molecular formula is C19H19FO4. The van der Waals surface area contributed by atoms with Crippen LogP contribution in [0.5, 0.6) is 11.5 Å². The highest BCUT2D eigenvalue weighted by molar-refractivity contribution is 5.87. The molecule has 126 valence electrons. The SMILES string of the molecule is CCOC(=O)C=Cc1cc(F)c(OCc2ccccc2)c(OC)c1. The van der Waals surface area contributed by atoms with E-state index < -0.39 is 11.8 Å². The number of hydrogen-bond acceptors (Lipinski definition) is 4. The molecule has 0 atom stereocenters. The third-order valence-electron chi connectivity index (χ3n) is 3.18. The molecule has 4 nitrogen and oxygen atoms in total. The molecule has 0 fully saturated rings. The standard InChI is InChI=1S/C19H19FO4/c1-3-23-18(21)10-9-15-11-16(20)19(17(12-15)22-2)24-13-14-7-5-4-6-8-14/h4-12H,3,13H2,1-2H3. The maximum absolute atomic E-state index is 14.3. The van der Waals surface area contributed by atoms with Gasteiger partial charge in [-0.1, -0.05) is 30.3 Å². The van der Waals surface area contributed by atoms with Crippen molar-refractivity contribution in [2.75, 3.05) is 13.7 Å². The highest BCUT2D eigenvalue weighted by Crippen LogP contribution is 2.32. The van der Waals surface area contributed by atoms with Crippen LogP contribution in [-0.2, 0) is 16.1 Å². The first-order valence-corrected chi connectivity index (χ1v) is 7.53. The fourth-order valence-electron chi connectivity index (χ4n) is 2.06. The Morgan fingerprint density at radius 1 is 1.21 bits per heavy atom. The zero-order chi connectivity index (χ0) is 17.4. The third kappa shape index (κ3) is 4.84. The molecule has 2 aromatic carbocycles. The van der Waals surface area contributed by atoms with Crippen molar-refractivity contribution in [1.29, 1.82) is 0 Å². The fraction of sp³-hybridized carbons (Fsp3) is 0.211. The normalized spacial score (nSPS) is 10.6. The predicted octanol–water partition coefficient (Wildman–Crippen LogP) is 3.99. The van der Waals surface area contributed by atoms with Gasteiger partial charge in [-0.3, -0.25) is 0 Å². The minimum Gasteiger partial charge on any atom is -0.493 e. The lowest BCUT2D eigenvalue weighted by Crippen LogP contribution is -2.01. The molecule has 0 heterocycles. The molecule has 0 radical (unpaired) electrons. The quantitative estimate of drug-likeness (QED) is 0.569. The molecule has 0 unspecified atom stereocenters. The number of ether oxygens (including phenoxy) is 3. The topological polar surface area (TPSA) is 44.8 Å². The third-order valence-corrected chi connectivity index (χ3v) is 3.18. The molecule has 0 aromatic heterocycles. The molecule has 5 heteroatoms. The zero-order valence-electron chi connectivity index (χ0n) is 13.6. The van der Waals surface area contributed by atoms with Crippen molar-refractivity contribution in [3.8, 4) is 11.5 Å². The molecule has 0 amide bonds. The maximum Gasteiger partial charge on any atom is 0.330 e. The summed E-state index contributed by atoms with van der Waals surface area (Å²) in [5.41, 5.74) is 1.40. The van der Waals surface area contributed by atoms with E-state index in [4.69, 9.17) is 14.2 Å². The van der Waals surface area contributed by atoms with E-state index in [1.807, 2.05) is 30.3 Å². The van der Waals surface area contributed by atoms with Gasteiger partial charge in [-0.25, -0.2) is 9.18 Å². The summed E-state index contributed by atoms with van der Waals surface area (Å²) >= 11 is 0. The second-order valence-electron chi connectivity index (χ2n) is 4.89. The second kappa shape index (κ2) is 8.72. The van der Waals surface area contributed by atoms with Crippen LogP contribution in [0.2, 0.25) is 0 Å². The smallest absolute Gasteiger partial charge is 0.330 e. The number of carbonyl (C=O) groups excluding carboxylic acids is 1. The average molecular weight is 330 g/mol. The highest BCUT2D eigenvalue weighted by atomic mass is 19.1. The van der Waals surface area contributed by atoms with E-state index in [9.17, 15) is 9.18 Å². The lowest BCUT2D eigenvalue weighted by atomic mass is 10.1. The van der Waals surface area contributed by atoms with Crippen molar-refractivity contribution in [2.45, 2.75) is 13.5 Å². The summed E-state index contributed by atoms with van der Waals surface area (Å²) in [5.74, 6) is -0.751. The summed E-state index contributed by atoms with van der Waals surface area (Å²) < 4.78 is 29.8. The molecule has 2 aromatic rings. The van der Waals surface area contributed by atoms with Crippen LogP contribution in [0.1, 0.15) is 18.1 Å². The molecule has 0 N–H and O–H groups in total. The van der Waals surface area contributed by atoms with Crippen LogP contribution in [0, 0.1) is 5.82 Å². The number of rotatable bonds is 7. The van der Waals surface area contributed by atoms with E-state index in [1.54, 1.807) is 13.0 Å². The molecule has 2 rings (SSSR count). The van der Waals surface area contributed by atoms with Crippen molar-refractivity contribution in [1.82, 2.24) is 0 Å². The van der Waals surface area contributed by atoms with Crippen LogP contribution < -0.4 is 9.47 Å². The van der Waals surface area contributed by atoms with E-state index in [-0.39, 0.29) is 24.7 Å². The molecule has 0 saturated carbocycles. The van der Waals surface area contributed by atoms with Gasteiger partial charge in [0, 0.05) is 6.08 Å². The Bertz CT molecular complexity index is 711. The van der Waals surface area contributed by atoms with Gasteiger partial charge in [0.2, 0.25) is 0 Å². The van der Waals surface area contributed by atoms with E-state index in [1.165, 1.54) is 25.3 Å². The first-order chi connectivity index (χ1) is 11.6. The lowest BCUT2D eigenvalue weighted by Gasteiger charge is -2.12. The van der Waals surface area contributed by atoms with Gasteiger partial charge in [-0.15, -0.1) is 0 Å². The van der Waals surface area contributed by atoms with Crippen molar-refractivity contribution < 1.29 is 23.4 Å². The van der Waals surface area contributed by atoms with Crippen molar-refractivity contribution >= 4 is 12.0 Å². The Hall–Kier alpha value is -2.82. The number of halogens is 1. The highest BCUT2D eigenvalue weighted by Gasteiger charge is 2.13. The summed E-state index contributed by atoms with van der Waals surface area (Å²) in [6, 6.07) is 12.3. The van der Waals surface area contributed by atoms with E-state index in [2.05, 4.69) is 0 Å². The number of carbonyl (C=O) groups is 1. The van der Waals surface area contributed by atoms with Crippen LogP contribution >= 0.6 is 0 Å². The molecule has 0 saturated heterocycles. The number of hydrogen-bond donors (Lipinski definition) is 0. The number of benzene rings is 2. The van der Waals surface area contributed by atoms with Gasteiger partial charge in [0.15, 0.2) is 17.3 Å². The second-order valence-corrected chi connectivity index (χ2v) is 4.89. The Kier molecular flexibility index (Phi) is 6.37. The summed E-state index contributed by atoms with van der Waals surface area (Å²) in [5, 5.41) is 0. The number of methoxy groups -OCH3 is 1. The predicted molar refractivity (Wildman–Crippen MR) is 89.4 cm³/mol. The van der Waals surface area contributed by atoms with Gasteiger partial charge in [0.1, 0.15) is 6.61 Å². The van der Waals surface area contributed by atoms with Crippen molar-refractivity contribution in [2.24, 2.45) is 0 Å². The Labute approximate surface area is 140 Å². The minimum atomic E-state index is -0.561. The minimum absolute atomic E-state index is 0.0367. The Morgan fingerprint density at radius 3 is 2.62 bits per heavy atom. The Morgan fingerprint density at radius 2 is 1.96 bits per heavy atom. The molecule has 0 aliphatic rings.